The monoisotopic (exact) mass is 505 g/mol. The maximum atomic E-state index is 12.8. The van der Waals surface area contributed by atoms with Gasteiger partial charge in [0.25, 0.3) is 5.69 Å². The van der Waals surface area contributed by atoms with Gasteiger partial charge in [-0.2, -0.15) is 0 Å². The lowest BCUT2D eigenvalue weighted by atomic mass is 9.90. The molecule has 0 heterocycles. The first-order valence-corrected chi connectivity index (χ1v) is 12.1. The molecule has 37 heavy (non-hydrogen) atoms. The Morgan fingerprint density at radius 1 is 0.703 bits per heavy atom. The molecule has 0 aromatic heterocycles. The van der Waals surface area contributed by atoms with Crippen LogP contribution in [0, 0.1) is 16.0 Å². The highest BCUT2D eigenvalue weighted by molar-refractivity contribution is 5.75. The van der Waals surface area contributed by atoms with E-state index in [1.54, 1.807) is 24.3 Å². The zero-order valence-corrected chi connectivity index (χ0v) is 20.1. The minimum atomic E-state index is -0.878. The summed E-state index contributed by atoms with van der Waals surface area (Å²) < 4.78 is 22.0. The van der Waals surface area contributed by atoms with E-state index in [1.807, 2.05) is 30.3 Å². The topological polar surface area (TPSA) is 114 Å². The first-order valence-electron chi connectivity index (χ1n) is 12.1. The van der Waals surface area contributed by atoms with Crippen LogP contribution in [0.1, 0.15) is 38.5 Å². The molecule has 4 rings (SSSR count). The van der Waals surface area contributed by atoms with Crippen molar-refractivity contribution in [1.82, 2.24) is 0 Å². The minimum absolute atomic E-state index is 0.102. The first kappa shape index (κ1) is 25.7. The van der Waals surface area contributed by atoms with Crippen LogP contribution in [0.15, 0.2) is 78.9 Å². The summed E-state index contributed by atoms with van der Waals surface area (Å²) in [6.07, 6.45) is 2.72. The van der Waals surface area contributed by atoms with E-state index >= 15 is 0 Å². The summed E-state index contributed by atoms with van der Waals surface area (Å²) in [5.74, 6) is 1.32. The van der Waals surface area contributed by atoms with Gasteiger partial charge in [0.1, 0.15) is 29.1 Å². The van der Waals surface area contributed by atoms with E-state index in [-0.39, 0.29) is 23.3 Å². The summed E-state index contributed by atoms with van der Waals surface area (Å²) in [5, 5.41) is 10.7. The Balaban J connectivity index is 1.25. The fourth-order valence-electron chi connectivity index (χ4n) is 4.08. The van der Waals surface area contributed by atoms with Crippen LogP contribution in [-0.4, -0.2) is 23.2 Å². The van der Waals surface area contributed by atoms with Crippen LogP contribution < -0.4 is 14.2 Å². The van der Waals surface area contributed by atoms with Crippen molar-refractivity contribution < 1.29 is 33.5 Å². The van der Waals surface area contributed by atoms with Gasteiger partial charge in [-0.15, -0.1) is 0 Å². The largest absolute Gasteiger partial charge is 0.514 e. The van der Waals surface area contributed by atoms with Crippen molar-refractivity contribution in [2.75, 3.05) is 0 Å². The lowest BCUT2D eigenvalue weighted by Crippen LogP contribution is -2.27. The van der Waals surface area contributed by atoms with Gasteiger partial charge in [0.15, 0.2) is 0 Å². The Morgan fingerprint density at radius 3 is 2.00 bits per heavy atom. The molecule has 0 N–H and O–H groups in total. The average molecular weight is 506 g/mol. The van der Waals surface area contributed by atoms with Crippen molar-refractivity contribution in [2.45, 2.75) is 44.6 Å². The standard InChI is InChI=1S/C28H27NO8/c30-27(35-25-18-16-24(17-19-25)34-22-7-2-1-3-8-22)20-6-4-5-9-23(13-10-20)36-28(31)37-26-14-11-21(12-15-26)29(32)33/h1-3,7-8,11-12,14-20,23H,4-6,9-10,13H2. The Hall–Kier alpha value is -4.40. The second kappa shape index (κ2) is 12.5. The first-order chi connectivity index (χ1) is 18.0. The number of rotatable bonds is 7. The van der Waals surface area contributed by atoms with Crippen molar-refractivity contribution in [3.05, 3.63) is 89.0 Å². The highest BCUT2D eigenvalue weighted by Crippen LogP contribution is 2.28. The third-order valence-corrected chi connectivity index (χ3v) is 6.03. The van der Waals surface area contributed by atoms with Gasteiger partial charge < -0.3 is 18.9 Å². The van der Waals surface area contributed by atoms with Crippen LogP contribution in [0.3, 0.4) is 0 Å². The predicted octanol–water partition coefficient (Wildman–Crippen LogP) is 6.85. The van der Waals surface area contributed by atoms with Crippen molar-refractivity contribution >= 4 is 17.8 Å². The Kier molecular flexibility index (Phi) is 8.70. The van der Waals surface area contributed by atoms with Gasteiger partial charge in [-0.1, -0.05) is 24.6 Å². The maximum absolute atomic E-state index is 12.8. The molecule has 1 saturated carbocycles. The number of hydrogen-bond acceptors (Lipinski definition) is 8. The Morgan fingerprint density at radius 2 is 1.30 bits per heavy atom. The van der Waals surface area contributed by atoms with Gasteiger partial charge in [0.2, 0.25) is 0 Å². The molecule has 3 aromatic rings. The van der Waals surface area contributed by atoms with Gasteiger partial charge in [0.05, 0.1) is 10.8 Å². The van der Waals surface area contributed by atoms with Crippen LogP contribution in [0.5, 0.6) is 23.0 Å². The van der Waals surface area contributed by atoms with Crippen molar-refractivity contribution in [2.24, 2.45) is 5.92 Å². The number of nitro groups is 1. The molecule has 9 nitrogen and oxygen atoms in total. The molecular formula is C28H27NO8. The number of carbonyl (C=O) groups excluding carboxylic acids is 2. The van der Waals surface area contributed by atoms with Gasteiger partial charge in [-0.05, 0) is 80.6 Å². The second-order valence-corrected chi connectivity index (χ2v) is 8.71. The van der Waals surface area contributed by atoms with Gasteiger partial charge in [0, 0.05) is 12.1 Å². The molecule has 9 heteroatoms. The third kappa shape index (κ3) is 7.79. The number of nitro benzene ring substituents is 1. The van der Waals surface area contributed by atoms with Crippen molar-refractivity contribution in [3.8, 4) is 23.0 Å². The molecule has 0 spiro atoms. The third-order valence-electron chi connectivity index (χ3n) is 6.03. The quantitative estimate of drug-likeness (QED) is 0.113. The summed E-state index contributed by atoms with van der Waals surface area (Å²) >= 11 is 0. The lowest BCUT2D eigenvalue weighted by molar-refractivity contribution is -0.384. The molecule has 1 fully saturated rings. The molecule has 0 radical (unpaired) electrons. The van der Waals surface area contributed by atoms with Crippen LogP contribution >= 0.6 is 0 Å². The van der Waals surface area contributed by atoms with E-state index in [0.29, 0.717) is 37.2 Å². The molecule has 192 valence electrons. The maximum Gasteiger partial charge on any atom is 0.514 e. The number of para-hydroxylation sites is 1. The van der Waals surface area contributed by atoms with Crippen molar-refractivity contribution in [1.29, 1.82) is 0 Å². The van der Waals surface area contributed by atoms with E-state index in [9.17, 15) is 19.7 Å². The molecule has 1 aliphatic rings. The van der Waals surface area contributed by atoms with Crippen LogP contribution in [0.4, 0.5) is 10.5 Å². The molecule has 2 unspecified atom stereocenters. The van der Waals surface area contributed by atoms with E-state index in [1.165, 1.54) is 24.3 Å². The minimum Gasteiger partial charge on any atom is -0.457 e. The number of carbonyl (C=O) groups is 2. The van der Waals surface area contributed by atoms with E-state index in [2.05, 4.69) is 0 Å². The van der Waals surface area contributed by atoms with Crippen LogP contribution in [0.25, 0.3) is 0 Å². The van der Waals surface area contributed by atoms with E-state index in [4.69, 9.17) is 18.9 Å². The normalized spacial score (nSPS) is 17.5. The zero-order valence-electron chi connectivity index (χ0n) is 20.1. The molecule has 1 aliphatic carbocycles. The molecular weight excluding hydrogens is 478 g/mol. The van der Waals surface area contributed by atoms with E-state index in [0.717, 1.165) is 18.6 Å². The van der Waals surface area contributed by atoms with Gasteiger partial charge >= 0.3 is 12.1 Å². The van der Waals surface area contributed by atoms with Gasteiger partial charge in [-0.25, -0.2) is 4.79 Å². The smallest absolute Gasteiger partial charge is 0.457 e. The number of esters is 1. The molecule has 2 atom stereocenters. The summed E-state index contributed by atoms with van der Waals surface area (Å²) in [4.78, 5) is 35.2. The summed E-state index contributed by atoms with van der Waals surface area (Å²) in [6.45, 7) is 0. The Bertz CT molecular complexity index is 1200. The second-order valence-electron chi connectivity index (χ2n) is 8.71. The molecule has 3 aromatic carbocycles. The molecule has 0 bridgehead atoms. The highest BCUT2D eigenvalue weighted by atomic mass is 16.7. The lowest BCUT2D eigenvalue weighted by Gasteiger charge is -2.23. The van der Waals surface area contributed by atoms with Crippen LogP contribution in [0.2, 0.25) is 0 Å². The SMILES string of the molecule is O=C(Oc1ccc([N+](=O)[O-])cc1)OC1CCCCC(C(=O)Oc2ccc(Oc3ccccc3)cc2)CC1. The molecule has 0 saturated heterocycles. The number of nitrogens with zero attached hydrogens (tertiary/aromatic N) is 1. The molecule has 0 aliphatic heterocycles. The van der Waals surface area contributed by atoms with Crippen LogP contribution in [-0.2, 0) is 9.53 Å². The molecule has 0 amide bonds. The summed E-state index contributed by atoms with van der Waals surface area (Å²) in [6, 6.07) is 21.4. The fraction of sp³-hybridized carbons (Fsp3) is 0.286. The predicted molar refractivity (Wildman–Crippen MR) is 134 cm³/mol. The number of hydrogen-bond donors (Lipinski definition) is 0. The van der Waals surface area contributed by atoms with Crippen molar-refractivity contribution in [3.63, 3.8) is 0 Å². The average Bonchev–Trinajstić information content (AvgIpc) is 2.88. The summed E-state index contributed by atoms with van der Waals surface area (Å²) in [5.41, 5.74) is -0.102. The number of benzene rings is 3. The van der Waals surface area contributed by atoms with Gasteiger partial charge in [-0.3, -0.25) is 14.9 Å². The van der Waals surface area contributed by atoms with E-state index < -0.39 is 17.2 Å². The number of ether oxygens (including phenoxy) is 4. The number of non-ortho nitro benzene ring substituents is 1. The highest BCUT2D eigenvalue weighted by Gasteiger charge is 2.26. The fourth-order valence-corrected chi connectivity index (χ4v) is 4.08. The zero-order chi connectivity index (χ0) is 26.0. The Labute approximate surface area is 214 Å². The summed E-state index contributed by atoms with van der Waals surface area (Å²) in [7, 11) is 0.